The molecular weight excluding hydrogens is 306 g/mol. The summed E-state index contributed by atoms with van der Waals surface area (Å²) >= 11 is 0. The van der Waals surface area contributed by atoms with Gasteiger partial charge in [0.1, 0.15) is 0 Å². The molecule has 0 amide bonds. The fourth-order valence-electron chi connectivity index (χ4n) is 3.53. The molecule has 2 aliphatic rings. The normalized spacial score (nSPS) is 17.5. The fraction of sp³-hybridized carbons (Fsp3) is 0.529. The molecule has 0 atom stereocenters. The van der Waals surface area contributed by atoms with Crippen molar-refractivity contribution >= 4 is 0 Å². The van der Waals surface area contributed by atoms with Gasteiger partial charge in [-0.15, -0.1) is 0 Å². The maximum absolute atomic E-state index is 12.2. The van der Waals surface area contributed by atoms with Crippen molar-refractivity contribution in [2.24, 2.45) is 5.92 Å². The van der Waals surface area contributed by atoms with Gasteiger partial charge in [-0.1, -0.05) is 0 Å². The number of hydrogen-bond acceptors (Lipinski definition) is 6. The monoisotopic (exact) mass is 327 g/mol. The Labute approximate surface area is 140 Å². The third kappa shape index (κ3) is 3.03. The van der Waals surface area contributed by atoms with Gasteiger partial charge in [0.05, 0.1) is 25.0 Å². The predicted molar refractivity (Wildman–Crippen MR) is 87.9 cm³/mol. The number of hydrogen-bond donors (Lipinski definition) is 0. The molecule has 0 aromatic carbocycles. The van der Waals surface area contributed by atoms with E-state index in [1.165, 1.54) is 0 Å². The number of aromatic nitrogens is 4. The first-order valence-corrected chi connectivity index (χ1v) is 8.39. The molecule has 3 heterocycles. The van der Waals surface area contributed by atoms with Gasteiger partial charge < -0.3 is 4.74 Å². The predicted octanol–water partition coefficient (Wildman–Crippen LogP) is 0.663. The second-order valence-corrected chi connectivity index (χ2v) is 6.58. The van der Waals surface area contributed by atoms with Crippen molar-refractivity contribution in [3.63, 3.8) is 0 Å². The zero-order chi connectivity index (χ0) is 16.5. The number of aryl methyl sites for hydroxylation is 2. The van der Waals surface area contributed by atoms with E-state index in [2.05, 4.69) is 20.0 Å². The van der Waals surface area contributed by atoms with Gasteiger partial charge in [0.25, 0.3) is 5.56 Å². The highest BCUT2D eigenvalue weighted by atomic mass is 16.5. The van der Waals surface area contributed by atoms with E-state index in [9.17, 15) is 4.79 Å². The molecule has 1 aliphatic carbocycles. The standard InChI is InChI=1S/C17H21N5O2/c1-24-17-18-6-5-14(19-17)11-21-8-12(9-21)10-22-16(23)7-13-3-2-4-15(13)20-22/h5-7,12H,2-4,8-11H2,1H3. The summed E-state index contributed by atoms with van der Waals surface area (Å²) in [6.45, 7) is 3.40. The quantitative estimate of drug-likeness (QED) is 0.803. The van der Waals surface area contributed by atoms with E-state index in [-0.39, 0.29) is 5.56 Å². The lowest BCUT2D eigenvalue weighted by atomic mass is 10.00. The summed E-state index contributed by atoms with van der Waals surface area (Å²) in [6.07, 6.45) is 4.83. The third-order valence-electron chi connectivity index (χ3n) is 4.75. The van der Waals surface area contributed by atoms with Crippen molar-refractivity contribution in [2.75, 3.05) is 20.2 Å². The second-order valence-electron chi connectivity index (χ2n) is 6.58. The molecule has 7 nitrogen and oxygen atoms in total. The van der Waals surface area contributed by atoms with E-state index in [4.69, 9.17) is 4.74 Å². The highest BCUT2D eigenvalue weighted by molar-refractivity contribution is 5.22. The lowest BCUT2D eigenvalue weighted by molar-refractivity contribution is 0.0750. The Kier molecular flexibility index (Phi) is 4.02. The van der Waals surface area contributed by atoms with Crippen LogP contribution in [0.15, 0.2) is 23.1 Å². The highest BCUT2D eigenvalue weighted by Gasteiger charge is 2.28. The largest absolute Gasteiger partial charge is 0.467 e. The molecule has 2 aromatic rings. The van der Waals surface area contributed by atoms with Crippen LogP contribution < -0.4 is 10.3 Å². The maximum atomic E-state index is 12.2. The van der Waals surface area contributed by atoms with Gasteiger partial charge in [0.2, 0.25) is 0 Å². The Morgan fingerprint density at radius 2 is 2.21 bits per heavy atom. The summed E-state index contributed by atoms with van der Waals surface area (Å²) in [6, 6.07) is 4.08. The minimum absolute atomic E-state index is 0.0367. The number of nitrogens with zero attached hydrogens (tertiary/aromatic N) is 5. The van der Waals surface area contributed by atoms with Crippen LogP contribution in [0.4, 0.5) is 0 Å². The van der Waals surface area contributed by atoms with E-state index in [1.54, 1.807) is 24.1 Å². The molecule has 0 spiro atoms. The molecule has 0 saturated carbocycles. The lowest BCUT2D eigenvalue weighted by Crippen LogP contribution is -2.49. The van der Waals surface area contributed by atoms with Crippen molar-refractivity contribution in [2.45, 2.75) is 32.4 Å². The summed E-state index contributed by atoms with van der Waals surface area (Å²) in [4.78, 5) is 22.8. The fourth-order valence-corrected chi connectivity index (χ4v) is 3.53. The van der Waals surface area contributed by atoms with E-state index >= 15 is 0 Å². The molecule has 1 saturated heterocycles. The number of rotatable bonds is 5. The van der Waals surface area contributed by atoms with Gasteiger partial charge in [-0.3, -0.25) is 9.69 Å². The minimum Gasteiger partial charge on any atom is -0.467 e. The summed E-state index contributed by atoms with van der Waals surface area (Å²) < 4.78 is 6.70. The molecule has 2 aromatic heterocycles. The smallest absolute Gasteiger partial charge is 0.316 e. The van der Waals surface area contributed by atoms with Crippen molar-refractivity contribution in [3.8, 4) is 6.01 Å². The SMILES string of the molecule is COc1nccc(CN2CC(Cn3nc4c(cc3=O)CCC4)C2)n1. The Hall–Kier alpha value is -2.28. The van der Waals surface area contributed by atoms with Crippen molar-refractivity contribution < 1.29 is 4.74 Å². The topological polar surface area (TPSA) is 73.1 Å². The molecule has 0 N–H and O–H groups in total. The summed E-state index contributed by atoms with van der Waals surface area (Å²) in [5.74, 6) is 0.471. The summed E-state index contributed by atoms with van der Waals surface area (Å²) in [5, 5.41) is 4.55. The minimum atomic E-state index is 0.0367. The van der Waals surface area contributed by atoms with Crippen LogP contribution in [0.3, 0.4) is 0 Å². The first-order valence-electron chi connectivity index (χ1n) is 8.39. The second kappa shape index (κ2) is 6.32. The molecule has 0 radical (unpaired) electrons. The van der Waals surface area contributed by atoms with Gasteiger partial charge in [0, 0.05) is 37.8 Å². The van der Waals surface area contributed by atoms with E-state index in [0.29, 0.717) is 18.5 Å². The van der Waals surface area contributed by atoms with Crippen molar-refractivity contribution in [3.05, 3.63) is 45.6 Å². The Morgan fingerprint density at radius 1 is 1.33 bits per heavy atom. The van der Waals surface area contributed by atoms with Crippen LogP contribution in [0.5, 0.6) is 6.01 Å². The average Bonchev–Trinajstić information content (AvgIpc) is 3.00. The number of ether oxygens (including phenoxy) is 1. The van der Waals surface area contributed by atoms with E-state index in [1.807, 2.05) is 6.07 Å². The van der Waals surface area contributed by atoms with Crippen LogP contribution in [-0.2, 0) is 25.9 Å². The van der Waals surface area contributed by atoms with Gasteiger partial charge in [-0.05, 0) is 30.9 Å². The molecule has 1 fully saturated rings. The van der Waals surface area contributed by atoms with Crippen molar-refractivity contribution in [1.29, 1.82) is 0 Å². The van der Waals surface area contributed by atoms with Gasteiger partial charge in [0.15, 0.2) is 0 Å². The molecule has 0 bridgehead atoms. The molecular formula is C17H21N5O2. The zero-order valence-corrected chi connectivity index (χ0v) is 13.8. The average molecular weight is 327 g/mol. The van der Waals surface area contributed by atoms with Crippen LogP contribution in [0.2, 0.25) is 0 Å². The molecule has 4 rings (SSSR count). The van der Waals surface area contributed by atoms with Crippen LogP contribution in [0.25, 0.3) is 0 Å². The first kappa shape index (κ1) is 15.3. The number of likely N-dealkylation sites (tertiary alicyclic amines) is 1. The highest BCUT2D eigenvalue weighted by Crippen LogP contribution is 2.21. The van der Waals surface area contributed by atoms with Crippen LogP contribution >= 0.6 is 0 Å². The van der Waals surface area contributed by atoms with E-state index in [0.717, 1.165) is 55.8 Å². The Bertz CT molecular complexity index is 798. The van der Waals surface area contributed by atoms with Crippen LogP contribution in [0.1, 0.15) is 23.4 Å². The lowest BCUT2D eigenvalue weighted by Gasteiger charge is -2.39. The van der Waals surface area contributed by atoms with Crippen LogP contribution in [0, 0.1) is 5.92 Å². The Morgan fingerprint density at radius 3 is 3.04 bits per heavy atom. The number of fused-ring (bicyclic) bond motifs is 1. The first-order chi connectivity index (χ1) is 11.7. The van der Waals surface area contributed by atoms with Crippen molar-refractivity contribution in [1.82, 2.24) is 24.6 Å². The maximum Gasteiger partial charge on any atom is 0.316 e. The summed E-state index contributed by atoms with van der Waals surface area (Å²) in [5.41, 5.74) is 3.24. The molecule has 126 valence electrons. The number of methoxy groups -OCH3 is 1. The van der Waals surface area contributed by atoms with Crippen LogP contribution in [-0.4, -0.2) is 44.8 Å². The molecule has 1 aliphatic heterocycles. The van der Waals surface area contributed by atoms with Gasteiger partial charge in [-0.25, -0.2) is 9.67 Å². The third-order valence-corrected chi connectivity index (χ3v) is 4.75. The van der Waals surface area contributed by atoms with Gasteiger partial charge in [-0.2, -0.15) is 10.1 Å². The van der Waals surface area contributed by atoms with E-state index < -0.39 is 0 Å². The molecule has 0 unspecified atom stereocenters. The summed E-state index contributed by atoms with van der Waals surface area (Å²) in [7, 11) is 1.57. The molecule has 7 heteroatoms. The van der Waals surface area contributed by atoms with Gasteiger partial charge >= 0.3 is 6.01 Å². The molecule has 24 heavy (non-hydrogen) atoms. The zero-order valence-electron chi connectivity index (χ0n) is 13.8. The Balaban J connectivity index is 1.34.